The highest BCUT2D eigenvalue weighted by atomic mass is 16.3. The Hall–Kier alpha value is -2.32. The lowest BCUT2D eigenvalue weighted by molar-refractivity contribution is 0.281. The fraction of sp³-hybridized carbons (Fsp3) is 0.360. The van der Waals surface area contributed by atoms with Crippen molar-refractivity contribution in [2.24, 2.45) is 0 Å². The van der Waals surface area contributed by atoms with Gasteiger partial charge in [-0.2, -0.15) is 0 Å². The molecule has 0 radical (unpaired) electrons. The molecule has 1 aliphatic rings. The molecule has 1 fully saturated rings. The zero-order valence-electron chi connectivity index (χ0n) is 16.1. The molecule has 1 aliphatic carbocycles. The van der Waals surface area contributed by atoms with Crippen LogP contribution in [-0.4, -0.2) is 17.7 Å². The van der Waals surface area contributed by atoms with E-state index in [0.29, 0.717) is 12.0 Å². The lowest BCUT2D eigenvalue weighted by atomic mass is 9.80. The van der Waals surface area contributed by atoms with Crippen molar-refractivity contribution >= 4 is 16.5 Å². The molecule has 2 unspecified atom stereocenters. The lowest BCUT2D eigenvalue weighted by Crippen LogP contribution is -2.38. The largest absolute Gasteiger partial charge is 0.392 e. The van der Waals surface area contributed by atoms with Gasteiger partial charge in [-0.3, -0.25) is 0 Å². The Kier molecular flexibility index (Phi) is 5.45. The lowest BCUT2D eigenvalue weighted by Gasteiger charge is -2.39. The van der Waals surface area contributed by atoms with Crippen LogP contribution < -0.4 is 4.90 Å². The van der Waals surface area contributed by atoms with Crippen molar-refractivity contribution in [3.8, 4) is 0 Å². The van der Waals surface area contributed by atoms with E-state index in [-0.39, 0.29) is 6.61 Å². The molecule has 0 aliphatic heterocycles. The van der Waals surface area contributed by atoms with Crippen LogP contribution in [0.2, 0.25) is 0 Å². The van der Waals surface area contributed by atoms with Crippen molar-refractivity contribution in [2.75, 3.05) is 11.4 Å². The predicted molar refractivity (Wildman–Crippen MR) is 114 cm³/mol. The monoisotopic (exact) mass is 359 g/mol. The number of hydrogen-bond acceptors (Lipinski definition) is 2. The summed E-state index contributed by atoms with van der Waals surface area (Å²) in [6.45, 7) is 3.44. The quantitative estimate of drug-likeness (QED) is 0.614. The topological polar surface area (TPSA) is 23.5 Å². The second-order valence-corrected chi connectivity index (χ2v) is 7.73. The molecule has 2 nitrogen and oxygen atoms in total. The van der Waals surface area contributed by atoms with E-state index in [1.807, 2.05) is 0 Å². The molecule has 0 saturated heterocycles. The number of rotatable bonds is 5. The summed E-state index contributed by atoms with van der Waals surface area (Å²) in [5.74, 6) is 0.617. The SMILES string of the molecule is CCN(c1ccc2ccccc2c1)C1CCCC(c2ccc(CO)cc2)C1. The van der Waals surface area contributed by atoms with Gasteiger partial charge < -0.3 is 10.0 Å². The van der Waals surface area contributed by atoms with Crippen LogP contribution in [0.25, 0.3) is 10.8 Å². The minimum Gasteiger partial charge on any atom is -0.392 e. The van der Waals surface area contributed by atoms with Crippen LogP contribution in [0.1, 0.15) is 49.7 Å². The van der Waals surface area contributed by atoms with Crippen molar-refractivity contribution in [3.63, 3.8) is 0 Å². The van der Waals surface area contributed by atoms with Crippen molar-refractivity contribution in [1.82, 2.24) is 0 Å². The Bertz CT molecular complexity index is 886. The molecule has 140 valence electrons. The zero-order chi connectivity index (χ0) is 18.6. The van der Waals surface area contributed by atoms with Crippen LogP contribution >= 0.6 is 0 Å². The van der Waals surface area contributed by atoms with E-state index in [1.54, 1.807) is 0 Å². The molecule has 3 aromatic carbocycles. The Morgan fingerprint density at radius 3 is 2.44 bits per heavy atom. The summed E-state index contributed by atoms with van der Waals surface area (Å²) in [4.78, 5) is 2.60. The first-order valence-electron chi connectivity index (χ1n) is 10.2. The molecule has 0 aromatic heterocycles. The average Bonchev–Trinajstić information content (AvgIpc) is 2.74. The maximum absolute atomic E-state index is 9.28. The van der Waals surface area contributed by atoms with Gasteiger partial charge in [-0.15, -0.1) is 0 Å². The molecular weight excluding hydrogens is 330 g/mol. The fourth-order valence-electron chi connectivity index (χ4n) is 4.65. The number of hydrogen-bond donors (Lipinski definition) is 1. The van der Waals surface area contributed by atoms with Gasteiger partial charge in [0.1, 0.15) is 0 Å². The molecule has 0 spiro atoms. The highest BCUT2D eigenvalue weighted by Crippen LogP contribution is 2.37. The van der Waals surface area contributed by atoms with Crippen molar-refractivity contribution < 1.29 is 5.11 Å². The number of anilines is 1. The molecular formula is C25H29NO. The third kappa shape index (κ3) is 3.86. The summed E-state index contributed by atoms with van der Waals surface area (Å²) in [7, 11) is 0. The number of fused-ring (bicyclic) bond motifs is 1. The first-order chi connectivity index (χ1) is 13.3. The maximum atomic E-state index is 9.28. The van der Waals surface area contributed by atoms with E-state index < -0.39 is 0 Å². The summed E-state index contributed by atoms with van der Waals surface area (Å²) in [5.41, 5.74) is 3.77. The third-order valence-corrected chi connectivity index (χ3v) is 6.13. The summed E-state index contributed by atoms with van der Waals surface area (Å²) in [6, 6.07) is 24.7. The average molecular weight is 360 g/mol. The Morgan fingerprint density at radius 1 is 0.926 bits per heavy atom. The van der Waals surface area contributed by atoms with E-state index >= 15 is 0 Å². The van der Waals surface area contributed by atoms with Gasteiger partial charge in [-0.05, 0) is 66.1 Å². The van der Waals surface area contributed by atoms with Gasteiger partial charge in [0.05, 0.1) is 6.61 Å². The van der Waals surface area contributed by atoms with Crippen molar-refractivity contribution in [2.45, 2.75) is 51.2 Å². The van der Waals surface area contributed by atoms with E-state index in [4.69, 9.17) is 0 Å². The van der Waals surface area contributed by atoms with Crippen LogP contribution in [0, 0.1) is 0 Å². The van der Waals surface area contributed by atoms with Crippen molar-refractivity contribution in [1.29, 1.82) is 0 Å². The summed E-state index contributed by atoms with van der Waals surface area (Å²) in [5, 5.41) is 11.9. The number of aliphatic hydroxyl groups excluding tert-OH is 1. The first-order valence-corrected chi connectivity index (χ1v) is 10.2. The minimum absolute atomic E-state index is 0.124. The van der Waals surface area contributed by atoms with Gasteiger partial charge in [0, 0.05) is 18.3 Å². The van der Waals surface area contributed by atoms with Gasteiger partial charge >= 0.3 is 0 Å². The van der Waals surface area contributed by atoms with Crippen molar-refractivity contribution in [3.05, 3.63) is 77.9 Å². The molecule has 3 aromatic rings. The number of aliphatic hydroxyl groups is 1. The molecule has 2 heteroatoms. The van der Waals surface area contributed by atoms with Crippen LogP contribution in [0.4, 0.5) is 5.69 Å². The van der Waals surface area contributed by atoms with E-state index in [2.05, 4.69) is 78.6 Å². The van der Waals surface area contributed by atoms with Crippen LogP contribution in [-0.2, 0) is 6.61 Å². The van der Waals surface area contributed by atoms with Gasteiger partial charge in [0.25, 0.3) is 0 Å². The molecule has 4 rings (SSSR count). The highest BCUT2D eigenvalue weighted by molar-refractivity contribution is 5.85. The van der Waals surface area contributed by atoms with Gasteiger partial charge in [-0.1, -0.05) is 61.0 Å². The molecule has 0 amide bonds. The predicted octanol–water partition coefficient (Wildman–Crippen LogP) is 5.88. The molecule has 1 saturated carbocycles. The highest BCUT2D eigenvalue weighted by Gasteiger charge is 2.27. The Balaban J connectivity index is 1.55. The van der Waals surface area contributed by atoms with Crippen LogP contribution in [0.3, 0.4) is 0 Å². The summed E-state index contributed by atoms with van der Waals surface area (Å²) in [6.07, 6.45) is 5.02. The summed E-state index contributed by atoms with van der Waals surface area (Å²) < 4.78 is 0. The third-order valence-electron chi connectivity index (χ3n) is 6.13. The maximum Gasteiger partial charge on any atom is 0.0681 e. The van der Waals surface area contributed by atoms with E-state index in [0.717, 1.165) is 12.1 Å². The smallest absolute Gasteiger partial charge is 0.0681 e. The molecule has 0 heterocycles. The van der Waals surface area contributed by atoms with Crippen LogP contribution in [0.15, 0.2) is 66.7 Å². The molecule has 27 heavy (non-hydrogen) atoms. The normalized spacial score (nSPS) is 19.9. The zero-order valence-corrected chi connectivity index (χ0v) is 16.1. The van der Waals surface area contributed by atoms with Crippen LogP contribution in [0.5, 0.6) is 0 Å². The van der Waals surface area contributed by atoms with E-state index in [9.17, 15) is 5.11 Å². The first kappa shape index (κ1) is 18.1. The standard InChI is InChI=1S/C25H29NO/c1-2-26(25-15-14-20-6-3-4-7-22(20)17-25)24-9-5-8-23(16-24)21-12-10-19(18-27)11-13-21/h3-4,6-7,10-15,17,23-24,27H,2,5,8-9,16,18H2,1H3. The second-order valence-electron chi connectivity index (χ2n) is 7.73. The van der Waals surface area contributed by atoms with Gasteiger partial charge in [0.15, 0.2) is 0 Å². The second kappa shape index (κ2) is 8.14. The Labute approximate surface area is 162 Å². The summed E-state index contributed by atoms with van der Waals surface area (Å²) >= 11 is 0. The number of benzene rings is 3. The van der Waals surface area contributed by atoms with E-state index in [1.165, 1.54) is 47.7 Å². The molecule has 0 bridgehead atoms. The minimum atomic E-state index is 0.124. The molecule has 2 atom stereocenters. The van der Waals surface area contributed by atoms with Gasteiger partial charge in [0.2, 0.25) is 0 Å². The fourth-order valence-corrected chi connectivity index (χ4v) is 4.65. The number of nitrogens with zero attached hydrogens (tertiary/aromatic N) is 1. The van der Waals surface area contributed by atoms with Gasteiger partial charge in [-0.25, -0.2) is 0 Å². The molecule has 1 N–H and O–H groups in total. The Morgan fingerprint density at radius 2 is 1.70 bits per heavy atom.